The summed E-state index contributed by atoms with van der Waals surface area (Å²) in [5.74, 6) is 0.342. The van der Waals surface area contributed by atoms with E-state index in [0.717, 1.165) is 5.56 Å². The highest BCUT2D eigenvalue weighted by Crippen LogP contribution is 2.56. The largest absolute Gasteiger partial charge is 0.496 e. The summed E-state index contributed by atoms with van der Waals surface area (Å²) in [6.07, 6.45) is 2.92. The Kier molecular flexibility index (Phi) is 5.22. The van der Waals surface area contributed by atoms with Crippen molar-refractivity contribution in [1.82, 2.24) is 9.97 Å². The number of hydrogen-bond acceptors (Lipinski definition) is 4. The Hall–Kier alpha value is -3.68. The second-order valence-electron chi connectivity index (χ2n) is 7.59. The number of benzene rings is 2. The molecule has 3 aromatic rings. The smallest absolute Gasteiger partial charge is 0.325 e. The molecule has 6 nitrogen and oxygen atoms in total. The van der Waals surface area contributed by atoms with Crippen LogP contribution in [0.1, 0.15) is 29.5 Å². The molecule has 8 heteroatoms. The van der Waals surface area contributed by atoms with Gasteiger partial charge in [-0.15, -0.1) is 0 Å². The van der Waals surface area contributed by atoms with Crippen molar-refractivity contribution in [2.45, 2.75) is 24.7 Å². The minimum atomic E-state index is -2.57. The number of nitrogens with one attached hydrogen (secondary N) is 2. The zero-order chi connectivity index (χ0) is 22.2. The molecule has 0 saturated heterocycles. The van der Waals surface area contributed by atoms with Crippen LogP contribution in [0.2, 0.25) is 0 Å². The number of hydrogen-bond donors (Lipinski definition) is 3. The van der Waals surface area contributed by atoms with E-state index in [1.165, 1.54) is 13.3 Å². The number of aromatic amines is 2. The molecule has 0 bridgehead atoms. The topological polar surface area (TPSA) is 101 Å². The zero-order valence-corrected chi connectivity index (χ0v) is 16.7. The quantitative estimate of drug-likeness (QED) is 0.413. The normalized spacial score (nSPS) is 14.8. The first-order chi connectivity index (χ1) is 14.8. The summed E-state index contributed by atoms with van der Waals surface area (Å²) in [4.78, 5) is 28.3. The summed E-state index contributed by atoms with van der Waals surface area (Å²) >= 11 is 0. The van der Waals surface area contributed by atoms with Crippen molar-refractivity contribution in [3.8, 4) is 16.9 Å². The van der Waals surface area contributed by atoms with Gasteiger partial charge in [-0.25, -0.2) is 13.6 Å². The van der Waals surface area contributed by atoms with Crippen molar-refractivity contribution in [3.05, 3.63) is 80.1 Å². The number of halogens is 2. The fourth-order valence-corrected chi connectivity index (χ4v) is 3.69. The van der Waals surface area contributed by atoms with E-state index in [4.69, 9.17) is 10.5 Å². The molecule has 0 atom stereocenters. The van der Waals surface area contributed by atoms with Gasteiger partial charge < -0.3 is 15.5 Å². The molecule has 4 rings (SSSR count). The van der Waals surface area contributed by atoms with Crippen LogP contribution in [0.5, 0.6) is 5.75 Å². The number of methoxy groups -OCH3 is 1. The fraction of sp³-hybridized carbons (Fsp3) is 0.217. The maximum absolute atomic E-state index is 14.0. The van der Waals surface area contributed by atoms with E-state index in [-0.39, 0.29) is 5.56 Å². The zero-order valence-electron chi connectivity index (χ0n) is 16.7. The van der Waals surface area contributed by atoms with E-state index in [2.05, 4.69) is 9.97 Å². The van der Waals surface area contributed by atoms with Gasteiger partial charge in [-0.2, -0.15) is 0 Å². The number of anilines is 1. The standard InChI is InChI=1S/C23H21F2N3O3/c1-31-19-14(5-2-13-3-6-16(26)7-4-13)10-15(17-12-27-22(30)28-20(17)29)11-18(19)23(8-9-23)21(24)25/h2-7,10-12,21H,8-9,26H2,1H3,(H2,27,28,29,30)/b5-2+. The number of nitrogens with two attached hydrogens (primary N) is 1. The third kappa shape index (κ3) is 3.88. The number of rotatable bonds is 6. The third-order valence-corrected chi connectivity index (χ3v) is 5.59. The summed E-state index contributed by atoms with van der Waals surface area (Å²) in [6, 6.07) is 10.4. The molecular formula is C23H21F2N3O3. The summed E-state index contributed by atoms with van der Waals surface area (Å²) in [6.45, 7) is 0. The first-order valence-electron chi connectivity index (χ1n) is 9.71. The van der Waals surface area contributed by atoms with Crippen LogP contribution in [0.3, 0.4) is 0 Å². The molecule has 31 heavy (non-hydrogen) atoms. The van der Waals surface area contributed by atoms with Crippen LogP contribution >= 0.6 is 0 Å². The Balaban J connectivity index is 1.91. The van der Waals surface area contributed by atoms with Crippen molar-refractivity contribution in [3.63, 3.8) is 0 Å². The van der Waals surface area contributed by atoms with E-state index >= 15 is 0 Å². The predicted octanol–water partition coefficient (Wildman–Crippen LogP) is 3.79. The minimum Gasteiger partial charge on any atom is -0.496 e. The highest BCUT2D eigenvalue weighted by Gasteiger charge is 2.54. The lowest BCUT2D eigenvalue weighted by molar-refractivity contribution is 0.100. The number of alkyl halides is 2. The van der Waals surface area contributed by atoms with Gasteiger partial charge in [0, 0.05) is 23.0 Å². The molecule has 1 fully saturated rings. The van der Waals surface area contributed by atoms with E-state index in [1.807, 2.05) is 18.2 Å². The van der Waals surface area contributed by atoms with Crippen molar-refractivity contribution in [2.24, 2.45) is 0 Å². The lowest BCUT2D eigenvalue weighted by atomic mass is 9.89. The lowest BCUT2D eigenvalue weighted by Gasteiger charge is -2.21. The number of nitrogen functional groups attached to an aromatic ring is 1. The van der Waals surface area contributed by atoms with Gasteiger partial charge in [0.05, 0.1) is 18.1 Å². The van der Waals surface area contributed by atoms with Gasteiger partial charge >= 0.3 is 5.69 Å². The Morgan fingerprint density at radius 2 is 1.84 bits per heavy atom. The molecule has 0 aliphatic heterocycles. The summed E-state index contributed by atoms with van der Waals surface area (Å²) < 4.78 is 33.5. The van der Waals surface area contributed by atoms with Gasteiger partial charge in [0.2, 0.25) is 6.43 Å². The Morgan fingerprint density at radius 1 is 1.13 bits per heavy atom. The van der Waals surface area contributed by atoms with Crippen LogP contribution in [0.25, 0.3) is 23.3 Å². The summed E-state index contributed by atoms with van der Waals surface area (Å²) in [5, 5.41) is 0. The molecule has 1 aliphatic rings. The summed E-state index contributed by atoms with van der Waals surface area (Å²) in [5.41, 5.74) is 6.15. The van der Waals surface area contributed by atoms with Crippen LogP contribution < -0.4 is 21.7 Å². The second-order valence-corrected chi connectivity index (χ2v) is 7.59. The van der Waals surface area contributed by atoms with Gasteiger partial charge in [0.1, 0.15) is 5.75 Å². The molecule has 2 aromatic carbocycles. The van der Waals surface area contributed by atoms with E-state index < -0.39 is 23.1 Å². The maximum atomic E-state index is 14.0. The molecule has 0 unspecified atom stereocenters. The van der Waals surface area contributed by atoms with Crippen molar-refractivity contribution in [2.75, 3.05) is 12.8 Å². The van der Waals surface area contributed by atoms with Crippen LogP contribution in [0, 0.1) is 0 Å². The number of aromatic nitrogens is 2. The van der Waals surface area contributed by atoms with Gasteiger partial charge in [-0.05, 0) is 48.2 Å². The second kappa shape index (κ2) is 7.86. The molecule has 1 aliphatic carbocycles. The maximum Gasteiger partial charge on any atom is 0.325 e. The average molecular weight is 425 g/mol. The SMILES string of the molecule is COc1c(/C=C/c2ccc(N)cc2)cc(-c2c[nH]c(=O)[nH]c2=O)cc1C1(C(F)F)CC1. The first-order valence-corrected chi connectivity index (χ1v) is 9.71. The third-order valence-electron chi connectivity index (χ3n) is 5.59. The molecule has 160 valence electrons. The Bertz CT molecular complexity index is 1260. The fourth-order valence-electron chi connectivity index (χ4n) is 3.69. The van der Waals surface area contributed by atoms with Crippen LogP contribution in [-0.4, -0.2) is 23.5 Å². The van der Waals surface area contributed by atoms with Crippen LogP contribution in [0.15, 0.2) is 52.2 Å². The van der Waals surface area contributed by atoms with Crippen molar-refractivity contribution >= 4 is 17.8 Å². The molecule has 4 N–H and O–H groups in total. The monoisotopic (exact) mass is 425 g/mol. The van der Waals surface area contributed by atoms with Gasteiger partial charge in [0.25, 0.3) is 5.56 Å². The molecule has 0 radical (unpaired) electrons. The Labute approximate surface area is 176 Å². The van der Waals surface area contributed by atoms with Crippen LogP contribution in [0.4, 0.5) is 14.5 Å². The van der Waals surface area contributed by atoms with E-state index in [0.29, 0.717) is 41.0 Å². The highest BCUT2D eigenvalue weighted by molar-refractivity contribution is 5.79. The van der Waals surface area contributed by atoms with Crippen molar-refractivity contribution in [1.29, 1.82) is 0 Å². The van der Waals surface area contributed by atoms with Gasteiger partial charge in [0.15, 0.2) is 0 Å². The molecule has 1 saturated carbocycles. The molecule has 0 amide bonds. The highest BCUT2D eigenvalue weighted by atomic mass is 19.3. The molecule has 0 spiro atoms. The van der Waals surface area contributed by atoms with Gasteiger partial charge in [-0.3, -0.25) is 9.78 Å². The molecular weight excluding hydrogens is 404 g/mol. The number of H-pyrrole nitrogens is 2. The number of ether oxygens (including phenoxy) is 1. The van der Waals surface area contributed by atoms with E-state index in [1.54, 1.807) is 30.3 Å². The molecule has 1 aromatic heterocycles. The van der Waals surface area contributed by atoms with Gasteiger partial charge in [-0.1, -0.05) is 24.3 Å². The van der Waals surface area contributed by atoms with Crippen LogP contribution in [-0.2, 0) is 5.41 Å². The predicted molar refractivity (Wildman–Crippen MR) is 116 cm³/mol. The first kappa shape index (κ1) is 20.6. The lowest BCUT2D eigenvalue weighted by Crippen LogP contribution is -2.23. The Morgan fingerprint density at radius 3 is 2.42 bits per heavy atom. The van der Waals surface area contributed by atoms with E-state index in [9.17, 15) is 18.4 Å². The van der Waals surface area contributed by atoms with Crippen molar-refractivity contribution < 1.29 is 13.5 Å². The molecule has 1 heterocycles. The average Bonchev–Trinajstić information content (AvgIpc) is 3.55. The minimum absolute atomic E-state index is 0.177. The summed E-state index contributed by atoms with van der Waals surface area (Å²) in [7, 11) is 1.44.